The molecule has 16 heavy (non-hydrogen) atoms. The van der Waals surface area contributed by atoms with Crippen molar-refractivity contribution in [2.75, 3.05) is 14.2 Å². The third-order valence-electron chi connectivity index (χ3n) is 2.06. The van der Waals surface area contributed by atoms with Crippen LogP contribution in [0, 0.1) is 0 Å². The molecular weight excluding hydrogens is 210 g/mol. The molecule has 0 saturated heterocycles. The highest BCUT2D eigenvalue weighted by Gasteiger charge is 2.12. The molecular formula is C11H13NO4. The van der Waals surface area contributed by atoms with Gasteiger partial charge in [0.25, 0.3) is 0 Å². The Morgan fingerprint density at radius 1 is 1.44 bits per heavy atom. The Balaban J connectivity index is 2.96. The highest BCUT2D eigenvalue weighted by atomic mass is 16.5. The Kier molecular flexibility index (Phi) is 4.32. The van der Waals surface area contributed by atoms with E-state index < -0.39 is 5.97 Å². The van der Waals surface area contributed by atoms with Gasteiger partial charge in [0.05, 0.1) is 14.2 Å². The van der Waals surface area contributed by atoms with Crippen LogP contribution in [0.2, 0.25) is 0 Å². The molecule has 0 spiro atoms. The minimum Gasteiger partial charge on any atom is -0.496 e. The Hall–Kier alpha value is -2.04. The van der Waals surface area contributed by atoms with Crippen molar-refractivity contribution in [3.8, 4) is 5.75 Å². The van der Waals surface area contributed by atoms with Crippen LogP contribution < -0.4 is 10.1 Å². The first-order valence-corrected chi connectivity index (χ1v) is 4.65. The van der Waals surface area contributed by atoms with Crippen LogP contribution in [0.25, 0.3) is 0 Å². The molecule has 0 aromatic heterocycles. The summed E-state index contributed by atoms with van der Waals surface area (Å²) in [5, 5.41) is 2.53. The molecule has 86 valence electrons. The van der Waals surface area contributed by atoms with E-state index in [2.05, 4.69) is 10.1 Å². The maximum atomic E-state index is 11.3. The zero-order valence-electron chi connectivity index (χ0n) is 9.15. The second-order valence-electron chi connectivity index (χ2n) is 3.02. The van der Waals surface area contributed by atoms with Gasteiger partial charge in [-0.25, -0.2) is 4.79 Å². The van der Waals surface area contributed by atoms with E-state index in [1.807, 2.05) is 0 Å². The smallest absolute Gasteiger partial charge is 0.341 e. The fraction of sp³-hybridized carbons (Fsp3) is 0.273. The van der Waals surface area contributed by atoms with Crippen molar-refractivity contribution in [1.29, 1.82) is 0 Å². The van der Waals surface area contributed by atoms with Gasteiger partial charge in [0, 0.05) is 6.54 Å². The predicted molar refractivity (Wildman–Crippen MR) is 57.2 cm³/mol. The van der Waals surface area contributed by atoms with E-state index in [0.717, 1.165) is 5.56 Å². The van der Waals surface area contributed by atoms with E-state index in [9.17, 15) is 9.59 Å². The summed E-state index contributed by atoms with van der Waals surface area (Å²) in [5.74, 6) is -0.0243. The molecule has 5 nitrogen and oxygen atoms in total. The molecule has 0 bridgehead atoms. The number of rotatable bonds is 5. The van der Waals surface area contributed by atoms with Gasteiger partial charge in [0.15, 0.2) is 0 Å². The van der Waals surface area contributed by atoms with Crippen molar-refractivity contribution in [2.24, 2.45) is 0 Å². The molecule has 0 atom stereocenters. The zero-order valence-corrected chi connectivity index (χ0v) is 9.15. The second-order valence-corrected chi connectivity index (χ2v) is 3.02. The standard InChI is InChI=1S/C11H13NO4/c1-15-10-5-8(6-12-7-13)3-4-9(10)11(14)16-2/h3-5,7H,6H2,1-2H3,(H,12,13). The summed E-state index contributed by atoms with van der Waals surface area (Å²) in [6, 6.07) is 5.01. The highest BCUT2D eigenvalue weighted by Crippen LogP contribution is 2.20. The predicted octanol–water partition coefficient (Wildman–Crippen LogP) is 0.728. The lowest BCUT2D eigenvalue weighted by Gasteiger charge is -2.08. The molecule has 0 fully saturated rings. The van der Waals surface area contributed by atoms with Crippen LogP contribution in [-0.4, -0.2) is 26.6 Å². The lowest BCUT2D eigenvalue weighted by atomic mass is 10.1. The summed E-state index contributed by atoms with van der Waals surface area (Å²) in [6.07, 6.45) is 0.612. The molecule has 0 heterocycles. The fourth-order valence-electron chi connectivity index (χ4n) is 1.28. The summed E-state index contributed by atoms with van der Waals surface area (Å²) in [6.45, 7) is 0.390. The maximum absolute atomic E-state index is 11.3. The number of benzene rings is 1. The topological polar surface area (TPSA) is 64.6 Å². The van der Waals surface area contributed by atoms with Gasteiger partial charge in [-0.2, -0.15) is 0 Å². The lowest BCUT2D eigenvalue weighted by molar-refractivity contribution is -0.109. The van der Waals surface area contributed by atoms with Crippen LogP contribution in [-0.2, 0) is 16.1 Å². The normalized spacial score (nSPS) is 9.38. The van der Waals surface area contributed by atoms with E-state index in [1.54, 1.807) is 18.2 Å². The molecule has 0 saturated carbocycles. The van der Waals surface area contributed by atoms with Crippen LogP contribution >= 0.6 is 0 Å². The van der Waals surface area contributed by atoms with Crippen LogP contribution in [0.3, 0.4) is 0 Å². The van der Waals surface area contributed by atoms with E-state index in [0.29, 0.717) is 24.3 Å². The Labute approximate surface area is 93.4 Å². The SMILES string of the molecule is COC(=O)c1ccc(CNC=O)cc1OC. The Bertz CT molecular complexity index is 390. The molecule has 5 heteroatoms. The molecule has 1 aromatic rings. The van der Waals surface area contributed by atoms with Gasteiger partial charge < -0.3 is 14.8 Å². The number of hydrogen-bond donors (Lipinski definition) is 1. The third kappa shape index (κ3) is 2.73. The van der Waals surface area contributed by atoms with Gasteiger partial charge in [0.2, 0.25) is 6.41 Å². The number of nitrogens with one attached hydrogen (secondary N) is 1. The van der Waals surface area contributed by atoms with Gasteiger partial charge in [-0.1, -0.05) is 6.07 Å². The maximum Gasteiger partial charge on any atom is 0.341 e. The number of hydrogen-bond acceptors (Lipinski definition) is 4. The number of esters is 1. The first kappa shape index (κ1) is 12.0. The van der Waals surface area contributed by atoms with Crippen LogP contribution in [0.5, 0.6) is 5.75 Å². The van der Waals surface area contributed by atoms with Crippen molar-refractivity contribution in [3.63, 3.8) is 0 Å². The molecule has 1 amide bonds. The minimum absolute atomic E-state index is 0.361. The van der Waals surface area contributed by atoms with Crippen LogP contribution in [0.4, 0.5) is 0 Å². The van der Waals surface area contributed by atoms with Gasteiger partial charge >= 0.3 is 5.97 Å². The van der Waals surface area contributed by atoms with Crippen molar-refractivity contribution in [1.82, 2.24) is 5.32 Å². The first-order valence-electron chi connectivity index (χ1n) is 4.65. The van der Waals surface area contributed by atoms with Crippen LogP contribution in [0.1, 0.15) is 15.9 Å². The number of amides is 1. The first-order chi connectivity index (χ1) is 7.72. The number of ether oxygens (including phenoxy) is 2. The summed E-state index contributed by atoms with van der Waals surface area (Å²) in [4.78, 5) is 21.5. The van der Waals surface area contributed by atoms with Crippen molar-refractivity contribution in [3.05, 3.63) is 29.3 Å². The average Bonchev–Trinajstić information content (AvgIpc) is 2.34. The number of methoxy groups -OCH3 is 2. The molecule has 0 aliphatic rings. The highest BCUT2D eigenvalue weighted by molar-refractivity contribution is 5.92. The molecule has 1 rings (SSSR count). The summed E-state index contributed by atoms with van der Waals surface area (Å²) in [7, 11) is 2.78. The summed E-state index contributed by atoms with van der Waals surface area (Å²) < 4.78 is 9.68. The molecule has 1 N–H and O–H groups in total. The van der Waals surface area contributed by atoms with Crippen molar-refractivity contribution in [2.45, 2.75) is 6.54 Å². The Morgan fingerprint density at radius 2 is 2.19 bits per heavy atom. The quantitative estimate of drug-likeness (QED) is 0.590. The molecule has 0 aliphatic heterocycles. The zero-order chi connectivity index (χ0) is 12.0. The van der Waals surface area contributed by atoms with E-state index in [1.165, 1.54) is 14.2 Å². The van der Waals surface area contributed by atoms with Gasteiger partial charge in [-0.15, -0.1) is 0 Å². The summed E-state index contributed by atoms with van der Waals surface area (Å²) in [5.41, 5.74) is 1.21. The Morgan fingerprint density at radius 3 is 2.75 bits per heavy atom. The van der Waals surface area contributed by atoms with E-state index in [-0.39, 0.29) is 0 Å². The largest absolute Gasteiger partial charge is 0.496 e. The molecule has 0 aliphatic carbocycles. The summed E-state index contributed by atoms with van der Waals surface area (Å²) >= 11 is 0. The third-order valence-corrected chi connectivity index (χ3v) is 2.06. The van der Waals surface area contributed by atoms with Crippen LogP contribution in [0.15, 0.2) is 18.2 Å². The van der Waals surface area contributed by atoms with Gasteiger partial charge in [0.1, 0.15) is 11.3 Å². The second kappa shape index (κ2) is 5.75. The lowest BCUT2D eigenvalue weighted by Crippen LogP contribution is -2.11. The van der Waals surface area contributed by atoms with Gasteiger partial charge in [-0.3, -0.25) is 4.79 Å². The van der Waals surface area contributed by atoms with E-state index in [4.69, 9.17) is 4.74 Å². The molecule has 1 aromatic carbocycles. The average molecular weight is 223 g/mol. The minimum atomic E-state index is -0.452. The number of carbonyl (C=O) groups excluding carboxylic acids is 2. The molecule has 0 unspecified atom stereocenters. The molecule has 0 radical (unpaired) electrons. The van der Waals surface area contributed by atoms with Gasteiger partial charge in [-0.05, 0) is 17.7 Å². The fourth-order valence-corrected chi connectivity index (χ4v) is 1.28. The van der Waals surface area contributed by atoms with E-state index >= 15 is 0 Å². The van der Waals surface area contributed by atoms with Crippen molar-refractivity contribution < 1.29 is 19.1 Å². The number of carbonyl (C=O) groups is 2. The van der Waals surface area contributed by atoms with Crippen molar-refractivity contribution >= 4 is 12.4 Å². The monoisotopic (exact) mass is 223 g/mol.